The van der Waals surface area contributed by atoms with Crippen molar-refractivity contribution in [1.29, 1.82) is 5.26 Å². The van der Waals surface area contributed by atoms with E-state index in [-0.39, 0.29) is 5.91 Å². The van der Waals surface area contributed by atoms with Crippen molar-refractivity contribution in [2.75, 3.05) is 25.5 Å². The Morgan fingerprint density at radius 1 is 1.37 bits per heavy atom. The van der Waals surface area contributed by atoms with Crippen LogP contribution in [-0.2, 0) is 4.79 Å². The lowest BCUT2D eigenvalue weighted by molar-refractivity contribution is -0.124. The topological polar surface area (TPSA) is 56.1 Å². The van der Waals surface area contributed by atoms with E-state index in [1.807, 2.05) is 7.05 Å². The van der Waals surface area contributed by atoms with E-state index >= 15 is 0 Å². The van der Waals surface area contributed by atoms with Crippen LogP contribution < -0.4 is 5.32 Å². The summed E-state index contributed by atoms with van der Waals surface area (Å²) in [4.78, 5) is 14.5. The number of nitrogens with one attached hydrogen (secondary N) is 1. The van der Waals surface area contributed by atoms with Crippen LogP contribution in [0.1, 0.15) is 12.8 Å². The molecule has 0 spiro atoms. The Morgan fingerprint density at radius 2 is 1.95 bits per heavy atom. The summed E-state index contributed by atoms with van der Waals surface area (Å²) in [6, 6.07) is 9.10. The first-order valence-corrected chi connectivity index (χ1v) is 6.60. The molecule has 1 saturated heterocycles. The van der Waals surface area contributed by atoms with Crippen molar-refractivity contribution < 1.29 is 4.79 Å². The number of benzene rings is 1. The van der Waals surface area contributed by atoms with Crippen LogP contribution in [0, 0.1) is 16.7 Å². The number of nitrogens with zero attached hydrogens (tertiary/aromatic N) is 2. The van der Waals surface area contributed by atoms with Gasteiger partial charge in [-0.2, -0.15) is 5.26 Å². The SMILES string of the molecule is CN1CCC(C#N)(C(=O)Nc2ccc(Cl)cc2)CC1. The number of hydrogen-bond donors (Lipinski definition) is 1. The van der Waals surface area contributed by atoms with Crippen molar-refractivity contribution in [1.82, 2.24) is 4.90 Å². The lowest BCUT2D eigenvalue weighted by atomic mass is 9.79. The van der Waals surface area contributed by atoms with Gasteiger partial charge in [-0.25, -0.2) is 0 Å². The first-order valence-electron chi connectivity index (χ1n) is 6.22. The van der Waals surface area contributed by atoms with E-state index in [9.17, 15) is 10.1 Å². The van der Waals surface area contributed by atoms with Crippen LogP contribution in [0.2, 0.25) is 5.02 Å². The average molecular weight is 278 g/mol. The molecule has 100 valence electrons. The summed E-state index contributed by atoms with van der Waals surface area (Å²) in [5.41, 5.74) is -0.241. The van der Waals surface area contributed by atoms with E-state index in [2.05, 4.69) is 16.3 Å². The van der Waals surface area contributed by atoms with E-state index in [1.165, 1.54) is 0 Å². The molecule has 0 unspecified atom stereocenters. The maximum absolute atomic E-state index is 12.3. The fourth-order valence-corrected chi connectivity index (χ4v) is 2.30. The number of rotatable bonds is 2. The number of carbonyl (C=O) groups is 1. The minimum absolute atomic E-state index is 0.217. The van der Waals surface area contributed by atoms with Crippen molar-refractivity contribution in [3.05, 3.63) is 29.3 Å². The molecule has 1 aliphatic heterocycles. The highest BCUT2D eigenvalue weighted by molar-refractivity contribution is 6.30. The van der Waals surface area contributed by atoms with Gasteiger partial charge in [0.2, 0.25) is 5.91 Å². The Bertz CT molecular complexity index is 498. The van der Waals surface area contributed by atoms with Gasteiger partial charge in [-0.3, -0.25) is 4.79 Å². The molecule has 0 saturated carbocycles. The van der Waals surface area contributed by atoms with Crippen LogP contribution in [0.15, 0.2) is 24.3 Å². The fourth-order valence-electron chi connectivity index (χ4n) is 2.17. The molecular weight excluding hydrogens is 262 g/mol. The third kappa shape index (κ3) is 3.06. The van der Waals surface area contributed by atoms with Crippen LogP contribution in [0.25, 0.3) is 0 Å². The molecule has 1 heterocycles. The van der Waals surface area contributed by atoms with E-state index in [1.54, 1.807) is 24.3 Å². The summed E-state index contributed by atoms with van der Waals surface area (Å²) in [5, 5.41) is 12.8. The highest BCUT2D eigenvalue weighted by Gasteiger charge is 2.41. The third-order valence-electron chi connectivity index (χ3n) is 3.59. The number of anilines is 1. The van der Waals surface area contributed by atoms with Crippen molar-refractivity contribution in [2.24, 2.45) is 5.41 Å². The van der Waals surface area contributed by atoms with Crippen LogP contribution in [0.4, 0.5) is 5.69 Å². The van der Waals surface area contributed by atoms with Gasteiger partial charge in [0, 0.05) is 10.7 Å². The van der Waals surface area contributed by atoms with E-state index in [0.717, 1.165) is 13.1 Å². The maximum Gasteiger partial charge on any atom is 0.244 e. The zero-order chi connectivity index (χ0) is 13.9. The number of nitriles is 1. The van der Waals surface area contributed by atoms with Gasteiger partial charge in [-0.05, 0) is 57.2 Å². The molecular formula is C14H16ClN3O. The number of piperidine rings is 1. The molecule has 1 aromatic rings. The Kier molecular flexibility index (Phi) is 4.08. The molecule has 4 nitrogen and oxygen atoms in total. The predicted octanol–water partition coefficient (Wildman–Crippen LogP) is 2.51. The highest BCUT2D eigenvalue weighted by Crippen LogP contribution is 2.31. The fraction of sp³-hybridized carbons (Fsp3) is 0.429. The lowest BCUT2D eigenvalue weighted by Gasteiger charge is -2.34. The zero-order valence-corrected chi connectivity index (χ0v) is 11.6. The van der Waals surface area contributed by atoms with E-state index in [0.29, 0.717) is 23.6 Å². The van der Waals surface area contributed by atoms with E-state index < -0.39 is 5.41 Å². The molecule has 1 aliphatic rings. The molecule has 1 N–H and O–H groups in total. The Morgan fingerprint density at radius 3 is 2.47 bits per heavy atom. The molecule has 0 bridgehead atoms. The van der Waals surface area contributed by atoms with Crippen molar-refractivity contribution in [2.45, 2.75) is 12.8 Å². The van der Waals surface area contributed by atoms with Crippen LogP contribution in [0.5, 0.6) is 0 Å². The van der Waals surface area contributed by atoms with Crippen LogP contribution in [0.3, 0.4) is 0 Å². The number of halogens is 1. The van der Waals surface area contributed by atoms with Crippen LogP contribution in [-0.4, -0.2) is 30.9 Å². The van der Waals surface area contributed by atoms with Gasteiger partial charge in [0.15, 0.2) is 0 Å². The number of carbonyl (C=O) groups excluding carboxylic acids is 1. The van der Waals surface area contributed by atoms with Gasteiger partial charge in [-0.1, -0.05) is 11.6 Å². The standard InChI is InChI=1S/C14H16ClN3O/c1-18-8-6-14(10-16,7-9-18)13(19)17-12-4-2-11(15)3-5-12/h2-5H,6-9H2,1H3,(H,17,19). The van der Waals surface area contributed by atoms with Crippen molar-refractivity contribution >= 4 is 23.2 Å². The van der Waals surface area contributed by atoms with E-state index in [4.69, 9.17) is 11.6 Å². The second-order valence-electron chi connectivity index (χ2n) is 4.96. The minimum atomic E-state index is -0.911. The smallest absolute Gasteiger partial charge is 0.244 e. The predicted molar refractivity (Wildman–Crippen MR) is 74.9 cm³/mol. The average Bonchev–Trinajstić information content (AvgIpc) is 2.42. The molecule has 19 heavy (non-hydrogen) atoms. The zero-order valence-electron chi connectivity index (χ0n) is 10.8. The summed E-state index contributed by atoms with van der Waals surface area (Å²) >= 11 is 5.80. The summed E-state index contributed by atoms with van der Waals surface area (Å²) in [7, 11) is 2.00. The summed E-state index contributed by atoms with van der Waals surface area (Å²) in [6.07, 6.45) is 1.14. The van der Waals surface area contributed by atoms with Gasteiger partial charge in [0.05, 0.1) is 6.07 Å². The molecule has 1 amide bonds. The summed E-state index contributed by atoms with van der Waals surface area (Å²) in [6.45, 7) is 1.53. The normalized spacial score (nSPS) is 18.6. The molecule has 1 fully saturated rings. The molecule has 0 aromatic heterocycles. The lowest BCUT2D eigenvalue weighted by Crippen LogP contribution is -2.44. The number of likely N-dealkylation sites (tertiary alicyclic amines) is 1. The molecule has 0 aliphatic carbocycles. The monoisotopic (exact) mass is 277 g/mol. The molecule has 1 aromatic carbocycles. The number of hydrogen-bond acceptors (Lipinski definition) is 3. The Labute approximate surface area is 118 Å². The van der Waals surface area contributed by atoms with Gasteiger partial charge >= 0.3 is 0 Å². The third-order valence-corrected chi connectivity index (χ3v) is 3.84. The van der Waals surface area contributed by atoms with Gasteiger partial charge in [-0.15, -0.1) is 0 Å². The molecule has 0 atom stereocenters. The maximum atomic E-state index is 12.3. The Balaban J connectivity index is 2.09. The molecule has 0 radical (unpaired) electrons. The second kappa shape index (κ2) is 5.60. The largest absolute Gasteiger partial charge is 0.325 e. The number of amides is 1. The van der Waals surface area contributed by atoms with Gasteiger partial charge in [0.1, 0.15) is 5.41 Å². The first-order chi connectivity index (χ1) is 9.05. The van der Waals surface area contributed by atoms with Crippen molar-refractivity contribution in [3.63, 3.8) is 0 Å². The first kappa shape index (κ1) is 13.9. The summed E-state index contributed by atoms with van der Waals surface area (Å²) < 4.78 is 0. The highest BCUT2D eigenvalue weighted by atomic mass is 35.5. The molecule has 2 rings (SSSR count). The van der Waals surface area contributed by atoms with Gasteiger partial charge in [0.25, 0.3) is 0 Å². The molecule has 5 heteroatoms. The minimum Gasteiger partial charge on any atom is -0.325 e. The Hall–Kier alpha value is -1.57. The van der Waals surface area contributed by atoms with Gasteiger partial charge < -0.3 is 10.2 Å². The summed E-state index contributed by atoms with van der Waals surface area (Å²) in [5.74, 6) is -0.217. The second-order valence-corrected chi connectivity index (χ2v) is 5.39. The van der Waals surface area contributed by atoms with Crippen molar-refractivity contribution in [3.8, 4) is 6.07 Å². The quantitative estimate of drug-likeness (QED) is 0.904. The van der Waals surface area contributed by atoms with Crippen LogP contribution >= 0.6 is 11.6 Å².